The van der Waals surface area contributed by atoms with E-state index in [1.54, 1.807) is 0 Å². The van der Waals surface area contributed by atoms with E-state index >= 15 is 0 Å². The van der Waals surface area contributed by atoms with E-state index in [9.17, 15) is 19.2 Å². The second kappa shape index (κ2) is 2.17. The fourth-order valence-electron chi connectivity index (χ4n) is 0.746. The molecule has 0 aromatic heterocycles. The molecule has 9 heteroatoms. The minimum atomic E-state index is -4.12. The summed E-state index contributed by atoms with van der Waals surface area (Å²) in [5, 5.41) is 0. The molecule has 1 spiro atoms. The fraction of sp³-hybridized carbons (Fsp3) is 0. The van der Waals surface area contributed by atoms with E-state index in [2.05, 4.69) is 18.1 Å². The summed E-state index contributed by atoms with van der Waals surface area (Å²) in [6.07, 6.45) is 0. The molecule has 2 rings (SSSR count). The normalized spacial score (nSPS) is 26.5. The summed E-state index contributed by atoms with van der Waals surface area (Å²) >= 11 is 0. The number of rotatable bonds is 0. The van der Waals surface area contributed by atoms with Crippen molar-refractivity contribution in [1.82, 2.24) is 0 Å². The van der Waals surface area contributed by atoms with Crippen LogP contribution in [-0.4, -0.2) is 23.9 Å². The molecule has 2 heterocycles. The molecular formula is C4HO8P. The molecule has 0 aromatic rings. The van der Waals surface area contributed by atoms with Gasteiger partial charge >= 0.3 is 69.3 Å². The average Bonchev–Trinajstić information content (AvgIpc) is 2.39. The Morgan fingerprint density at radius 1 is 0.615 bits per heavy atom. The van der Waals surface area contributed by atoms with Gasteiger partial charge in [0, 0.05) is 0 Å². The second-order valence-electron chi connectivity index (χ2n) is 2.06. The third-order valence-corrected chi connectivity index (χ3v) is 2.95. The molecule has 2 fully saturated rings. The van der Waals surface area contributed by atoms with Crippen molar-refractivity contribution in [3.8, 4) is 0 Å². The van der Waals surface area contributed by atoms with Crippen molar-refractivity contribution in [2.75, 3.05) is 0 Å². The summed E-state index contributed by atoms with van der Waals surface area (Å²) in [4.78, 5) is 42.0. The fourth-order valence-corrected chi connectivity index (χ4v) is 2.24. The van der Waals surface area contributed by atoms with Crippen molar-refractivity contribution >= 4 is 32.0 Å². The topological polar surface area (TPSA) is 105 Å². The van der Waals surface area contributed by atoms with E-state index in [0.717, 1.165) is 0 Å². The average molecular weight is 208 g/mol. The molecule has 0 N–H and O–H groups in total. The number of carbonyl (C=O) groups is 4. The Bertz CT molecular complexity index is 275. The van der Waals surface area contributed by atoms with Gasteiger partial charge in [0.1, 0.15) is 0 Å². The van der Waals surface area contributed by atoms with Crippen LogP contribution in [0.1, 0.15) is 0 Å². The Morgan fingerprint density at radius 2 is 0.846 bits per heavy atom. The predicted molar refractivity (Wildman–Crippen MR) is 32.7 cm³/mol. The third-order valence-electron chi connectivity index (χ3n) is 1.20. The van der Waals surface area contributed by atoms with E-state index in [4.69, 9.17) is 0 Å². The van der Waals surface area contributed by atoms with Gasteiger partial charge < -0.3 is 0 Å². The van der Waals surface area contributed by atoms with Crippen LogP contribution in [0.2, 0.25) is 0 Å². The SMILES string of the molecule is O=C1O[PH]2(OC1=O)OC(=O)C(=O)O2. The molecule has 2 aliphatic heterocycles. The molecule has 0 atom stereocenters. The Hall–Kier alpha value is -1.69. The van der Waals surface area contributed by atoms with Gasteiger partial charge in [-0.2, -0.15) is 0 Å². The van der Waals surface area contributed by atoms with Crippen LogP contribution in [0, 0.1) is 0 Å². The summed E-state index contributed by atoms with van der Waals surface area (Å²) in [6.45, 7) is 0. The second-order valence-corrected chi connectivity index (χ2v) is 3.87. The quantitative estimate of drug-likeness (QED) is 0.353. The van der Waals surface area contributed by atoms with Crippen LogP contribution < -0.4 is 0 Å². The van der Waals surface area contributed by atoms with Crippen molar-refractivity contribution in [3.63, 3.8) is 0 Å². The maximum absolute atomic E-state index is 10.5. The zero-order chi connectivity index (χ0) is 9.64. The Labute approximate surface area is 70.4 Å². The predicted octanol–water partition coefficient (Wildman–Crippen LogP) is -1.40. The van der Waals surface area contributed by atoms with Crippen molar-refractivity contribution in [2.45, 2.75) is 0 Å². The number of hydrogen-bond acceptors (Lipinski definition) is 8. The van der Waals surface area contributed by atoms with Crippen molar-refractivity contribution in [3.05, 3.63) is 0 Å². The van der Waals surface area contributed by atoms with Gasteiger partial charge in [0.15, 0.2) is 0 Å². The third kappa shape index (κ3) is 1.03. The van der Waals surface area contributed by atoms with E-state index in [-0.39, 0.29) is 0 Å². The standard InChI is InChI=1S/C4HO8P/c5-1-2(6)10-13(9-1)11-3(7)4(8)12-13/h13H. The van der Waals surface area contributed by atoms with Crippen LogP contribution in [-0.2, 0) is 37.3 Å². The van der Waals surface area contributed by atoms with Gasteiger partial charge in [0.25, 0.3) is 0 Å². The Morgan fingerprint density at radius 3 is 1.08 bits per heavy atom. The van der Waals surface area contributed by atoms with E-state index in [1.807, 2.05) is 0 Å². The summed E-state index contributed by atoms with van der Waals surface area (Å²) in [5.41, 5.74) is 0. The van der Waals surface area contributed by atoms with Gasteiger partial charge in [-0.25, -0.2) is 0 Å². The molecule has 0 radical (unpaired) electrons. The van der Waals surface area contributed by atoms with Crippen molar-refractivity contribution < 1.29 is 37.3 Å². The van der Waals surface area contributed by atoms with Crippen LogP contribution in [0.4, 0.5) is 0 Å². The molecule has 2 saturated heterocycles. The van der Waals surface area contributed by atoms with Gasteiger partial charge in [0.05, 0.1) is 0 Å². The van der Waals surface area contributed by atoms with Crippen molar-refractivity contribution in [1.29, 1.82) is 0 Å². The van der Waals surface area contributed by atoms with Crippen LogP contribution in [0.25, 0.3) is 0 Å². The Kier molecular flexibility index (Phi) is 1.32. The van der Waals surface area contributed by atoms with Gasteiger partial charge in [0.2, 0.25) is 0 Å². The molecule has 70 valence electrons. The van der Waals surface area contributed by atoms with E-state index in [1.165, 1.54) is 0 Å². The molecule has 13 heavy (non-hydrogen) atoms. The molecule has 0 aliphatic carbocycles. The van der Waals surface area contributed by atoms with Crippen LogP contribution in [0.3, 0.4) is 0 Å². The zero-order valence-electron chi connectivity index (χ0n) is 5.77. The zero-order valence-corrected chi connectivity index (χ0v) is 6.77. The summed E-state index contributed by atoms with van der Waals surface area (Å²) < 4.78 is 16.8. The first-order valence-electron chi connectivity index (χ1n) is 2.95. The molecule has 0 aromatic carbocycles. The molecule has 0 saturated carbocycles. The molecule has 0 bridgehead atoms. The summed E-state index contributed by atoms with van der Waals surface area (Å²) in [5.74, 6) is -5.35. The van der Waals surface area contributed by atoms with Gasteiger partial charge in [-0.3, -0.25) is 0 Å². The van der Waals surface area contributed by atoms with Crippen LogP contribution >= 0.6 is 8.17 Å². The first kappa shape index (κ1) is 7.93. The monoisotopic (exact) mass is 208 g/mol. The molecule has 2 aliphatic rings. The minimum absolute atomic E-state index is 1.34. The molecule has 8 nitrogen and oxygen atoms in total. The van der Waals surface area contributed by atoms with Crippen LogP contribution in [0.15, 0.2) is 0 Å². The maximum atomic E-state index is 10.5. The number of carbonyl (C=O) groups excluding carboxylic acids is 4. The Balaban J connectivity index is 2.27. The first-order valence-corrected chi connectivity index (χ1v) is 4.58. The van der Waals surface area contributed by atoms with Crippen LogP contribution in [0.5, 0.6) is 0 Å². The molecule has 0 amide bonds. The first-order chi connectivity index (χ1) is 6.02. The van der Waals surface area contributed by atoms with Crippen molar-refractivity contribution in [2.24, 2.45) is 0 Å². The summed E-state index contributed by atoms with van der Waals surface area (Å²) in [7, 11) is -4.12. The van der Waals surface area contributed by atoms with E-state index < -0.39 is 32.0 Å². The number of hydrogen-bond donors (Lipinski definition) is 0. The van der Waals surface area contributed by atoms with Gasteiger partial charge in [-0.05, 0) is 0 Å². The molecule has 0 unspecified atom stereocenters. The van der Waals surface area contributed by atoms with E-state index in [0.29, 0.717) is 0 Å². The van der Waals surface area contributed by atoms with Gasteiger partial charge in [-0.1, -0.05) is 0 Å². The summed E-state index contributed by atoms with van der Waals surface area (Å²) in [6, 6.07) is 0. The van der Waals surface area contributed by atoms with Gasteiger partial charge in [-0.15, -0.1) is 0 Å². The molecular weight excluding hydrogens is 207 g/mol.